The number of carbonyl (C=O) groups excluding carboxylic acids is 2. The molecule has 0 atom stereocenters. The van der Waals surface area contributed by atoms with Gasteiger partial charge in [-0.2, -0.15) is 0 Å². The molecule has 0 saturated heterocycles. The van der Waals surface area contributed by atoms with Crippen molar-refractivity contribution < 1.29 is 28.9 Å². The summed E-state index contributed by atoms with van der Waals surface area (Å²) in [4.78, 5) is 32.7. The van der Waals surface area contributed by atoms with Crippen LogP contribution in [-0.2, 0) is 16.1 Å². The Kier molecular flexibility index (Phi) is 13.9. The van der Waals surface area contributed by atoms with Crippen molar-refractivity contribution in [3.05, 3.63) is 164 Å². The van der Waals surface area contributed by atoms with Gasteiger partial charge >= 0.3 is 11.9 Å². The van der Waals surface area contributed by atoms with Gasteiger partial charge in [-0.05, 0) is 118 Å². The zero-order valence-corrected chi connectivity index (χ0v) is 36.0. The van der Waals surface area contributed by atoms with E-state index in [2.05, 4.69) is 41.8 Å². The van der Waals surface area contributed by atoms with Crippen LogP contribution in [0.2, 0.25) is 5.02 Å². The third kappa shape index (κ3) is 9.87. The molecule has 13 heteroatoms. The normalized spacial score (nSPS) is 10.7. The maximum absolute atomic E-state index is 12.2. The Morgan fingerprint density at radius 2 is 1.16 bits per heavy atom. The van der Waals surface area contributed by atoms with Gasteiger partial charge in [0.2, 0.25) is 0 Å². The fourth-order valence-corrected chi connectivity index (χ4v) is 7.07. The highest BCUT2D eigenvalue weighted by Gasteiger charge is 2.18. The molecule has 58 heavy (non-hydrogen) atoms. The van der Waals surface area contributed by atoms with Crippen molar-refractivity contribution in [2.24, 2.45) is 0 Å². The molecule has 3 aromatic carbocycles. The molecule has 10 nitrogen and oxygen atoms in total. The maximum atomic E-state index is 12.2. The largest absolute Gasteiger partial charge is 0.507 e. The van der Waals surface area contributed by atoms with Crippen LogP contribution < -0.4 is 4.74 Å². The molecule has 0 saturated carbocycles. The number of hydrogen-bond acceptors (Lipinski definition) is 8. The number of phenols is 1. The monoisotopic (exact) mass is 924 g/mol. The van der Waals surface area contributed by atoms with E-state index in [1.54, 1.807) is 50.5 Å². The van der Waals surface area contributed by atoms with Crippen LogP contribution in [0.3, 0.4) is 0 Å². The highest BCUT2D eigenvalue weighted by Crippen LogP contribution is 2.37. The first-order valence-corrected chi connectivity index (χ1v) is 20.2. The number of ether oxygens (including phenoxy) is 3. The van der Waals surface area contributed by atoms with Crippen LogP contribution in [-0.4, -0.2) is 49.4 Å². The molecular weight excluding hydrogens is 888 g/mol. The minimum absolute atomic E-state index is 0.178. The first kappa shape index (κ1) is 41.9. The van der Waals surface area contributed by atoms with Crippen LogP contribution in [0.15, 0.2) is 131 Å². The Labute approximate surface area is 358 Å². The van der Waals surface area contributed by atoms with Crippen molar-refractivity contribution >= 4 is 55.4 Å². The van der Waals surface area contributed by atoms with E-state index in [1.165, 1.54) is 12.4 Å². The standard InChI is InChI=1S/C26H22BrClN2O3.C19H17BrN2O3/c1-3-32-26(31)19-12-22(15-29-14-19)30-17(2)4-10-24(30)23-13-20(27)7-11-25(23)33-16-18-5-8-21(28)9-6-18;1-3-25-19(24)13-8-15(11-21-10-13)22-12(2)4-6-17(22)16-9-14(20)5-7-18(16)23/h4-15H,3,16H2,1-2H3;4-11,23H,3H2,1-2H3. The number of hydrogen-bond donors (Lipinski definition) is 1. The van der Waals surface area contributed by atoms with E-state index in [9.17, 15) is 14.7 Å². The fraction of sp³-hybridized carbons (Fsp3) is 0.156. The summed E-state index contributed by atoms with van der Waals surface area (Å²) in [6.07, 6.45) is 6.40. The zero-order valence-electron chi connectivity index (χ0n) is 32.1. The molecule has 4 heterocycles. The van der Waals surface area contributed by atoms with Gasteiger partial charge in [-0.25, -0.2) is 9.59 Å². The molecule has 296 valence electrons. The number of aromatic nitrogens is 4. The lowest BCUT2D eigenvalue weighted by molar-refractivity contribution is 0.0516. The van der Waals surface area contributed by atoms with E-state index in [0.29, 0.717) is 41.5 Å². The van der Waals surface area contributed by atoms with Gasteiger partial charge in [0.1, 0.15) is 18.1 Å². The van der Waals surface area contributed by atoms with Crippen LogP contribution in [0, 0.1) is 13.8 Å². The van der Waals surface area contributed by atoms with Gasteiger partial charge in [-0.15, -0.1) is 0 Å². The molecule has 0 fully saturated rings. The molecule has 7 rings (SSSR count). The molecule has 0 amide bonds. The molecule has 0 radical (unpaired) electrons. The number of nitrogens with zero attached hydrogens (tertiary/aromatic N) is 4. The summed E-state index contributed by atoms with van der Waals surface area (Å²) >= 11 is 13.0. The van der Waals surface area contributed by atoms with Gasteiger partial charge < -0.3 is 28.5 Å². The van der Waals surface area contributed by atoms with Crippen molar-refractivity contribution in [1.29, 1.82) is 0 Å². The summed E-state index contributed by atoms with van der Waals surface area (Å²) < 4.78 is 22.2. The Morgan fingerprint density at radius 1 is 0.655 bits per heavy atom. The van der Waals surface area contributed by atoms with Gasteiger partial charge in [0, 0.05) is 48.9 Å². The number of aromatic hydroxyl groups is 1. The van der Waals surface area contributed by atoms with Crippen molar-refractivity contribution in [1.82, 2.24) is 19.1 Å². The van der Waals surface area contributed by atoms with Gasteiger partial charge in [0.15, 0.2) is 0 Å². The number of rotatable bonds is 11. The van der Waals surface area contributed by atoms with Gasteiger partial charge in [0.05, 0.1) is 59.5 Å². The lowest BCUT2D eigenvalue weighted by Gasteiger charge is -2.16. The van der Waals surface area contributed by atoms with Gasteiger partial charge in [0.25, 0.3) is 0 Å². The Hall–Kier alpha value is -5.69. The summed E-state index contributed by atoms with van der Waals surface area (Å²) in [6.45, 7) is 8.53. The van der Waals surface area contributed by atoms with Gasteiger partial charge in [-0.1, -0.05) is 55.6 Å². The quantitative estimate of drug-likeness (QED) is 0.127. The molecule has 0 aliphatic heterocycles. The third-order valence-corrected chi connectivity index (χ3v) is 10.1. The Balaban J connectivity index is 0.000000203. The number of halogens is 3. The van der Waals surface area contributed by atoms with E-state index in [-0.39, 0.29) is 5.75 Å². The summed E-state index contributed by atoms with van der Waals surface area (Å²) in [5, 5.41) is 10.9. The average molecular weight is 927 g/mol. The lowest BCUT2D eigenvalue weighted by atomic mass is 10.1. The lowest BCUT2D eigenvalue weighted by Crippen LogP contribution is -2.07. The molecule has 0 aliphatic carbocycles. The Bertz CT molecular complexity index is 2570. The molecule has 0 unspecified atom stereocenters. The number of carbonyl (C=O) groups is 2. The molecule has 0 spiro atoms. The second kappa shape index (κ2) is 19.2. The van der Waals surface area contributed by atoms with Crippen LogP contribution in [0.4, 0.5) is 0 Å². The molecule has 0 bridgehead atoms. The van der Waals surface area contributed by atoms with Crippen molar-refractivity contribution in [3.8, 4) is 45.4 Å². The summed E-state index contributed by atoms with van der Waals surface area (Å²) in [5.41, 5.74) is 8.57. The summed E-state index contributed by atoms with van der Waals surface area (Å²) in [7, 11) is 0. The van der Waals surface area contributed by atoms with Crippen molar-refractivity contribution in [2.75, 3.05) is 13.2 Å². The van der Waals surface area contributed by atoms with Crippen LogP contribution >= 0.6 is 43.5 Å². The topological polar surface area (TPSA) is 118 Å². The molecular formula is C45H39Br2ClN4O6. The minimum atomic E-state index is -0.409. The van der Waals surface area contributed by atoms with Crippen LogP contribution in [0.1, 0.15) is 51.5 Å². The van der Waals surface area contributed by atoms with Crippen molar-refractivity contribution in [3.63, 3.8) is 0 Å². The van der Waals surface area contributed by atoms with E-state index in [0.717, 1.165) is 60.0 Å². The summed E-state index contributed by atoms with van der Waals surface area (Å²) in [6, 6.07) is 30.2. The van der Waals surface area contributed by atoms with E-state index in [1.807, 2.05) is 95.8 Å². The van der Waals surface area contributed by atoms with Gasteiger partial charge in [-0.3, -0.25) is 9.97 Å². The first-order chi connectivity index (χ1) is 28.0. The number of pyridine rings is 2. The summed E-state index contributed by atoms with van der Waals surface area (Å²) in [5.74, 6) is 0.111. The molecule has 4 aromatic heterocycles. The van der Waals surface area contributed by atoms with Crippen molar-refractivity contribution in [2.45, 2.75) is 34.3 Å². The van der Waals surface area contributed by atoms with Crippen LogP contribution in [0.5, 0.6) is 11.5 Å². The predicted octanol–water partition coefficient (Wildman–Crippen LogP) is 11.5. The fourth-order valence-electron chi connectivity index (χ4n) is 6.22. The molecule has 7 aromatic rings. The minimum Gasteiger partial charge on any atom is -0.507 e. The number of aryl methyl sites for hydroxylation is 2. The third-order valence-electron chi connectivity index (χ3n) is 8.90. The van der Waals surface area contributed by atoms with E-state index < -0.39 is 11.9 Å². The first-order valence-electron chi connectivity index (χ1n) is 18.2. The SMILES string of the molecule is CCOC(=O)c1cncc(-n2c(C)ccc2-c2cc(Br)ccc2O)c1.CCOC(=O)c1cncc(-n2c(C)ccc2-c2cc(Br)ccc2OCc2ccc(Cl)cc2)c1. The second-order valence-corrected chi connectivity index (χ2v) is 15.2. The zero-order chi connectivity index (χ0) is 41.3. The second-order valence-electron chi connectivity index (χ2n) is 12.9. The number of phenolic OH excluding ortho intramolecular Hbond substituents is 1. The smallest absolute Gasteiger partial charge is 0.339 e. The number of esters is 2. The highest BCUT2D eigenvalue weighted by atomic mass is 79.9. The van der Waals surface area contributed by atoms with E-state index >= 15 is 0 Å². The maximum Gasteiger partial charge on any atom is 0.339 e. The average Bonchev–Trinajstić information content (AvgIpc) is 3.81. The highest BCUT2D eigenvalue weighted by molar-refractivity contribution is 9.10. The van der Waals surface area contributed by atoms with E-state index in [4.69, 9.17) is 25.8 Å². The predicted molar refractivity (Wildman–Crippen MR) is 232 cm³/mol. The Morgan fingerprint density at radius 3 is 1.69 bits per heavy atom. The number of benzene rings is 3. The molecule has 1 N–H and O–H groups in total. The van der Waals surface area contributed by atoms with Crippen LogP contribution in [0.25, 0.3) is 33.9 Å². The molecule has 0 aliphatic rings.